The summed E-state index contributed by atoms with van der Waals surface area (Å²) >= 11 is 3.39. The number of rotatable bonds is 5. The second-order valence-corrected chi connectivity index (χ2v) is 4.30. The Balaban J connectivity index is 3.14. The van der Waals surface area contributed by atoms with E-state index < -0.39 is 0 Å². The third-order valence-corrected chi connectivity index (χ3v) is 2.98. The number of esters is 1. The summed E-state index contributed by atoms with van der Waals surface area (Å²) in [6.45, 7) is 6.71. The summed E-state index contributed by atoms with van der Waals surface area (Å²) in [6.07, 6.45) is 0.858. The van der Waals surface area contributed by atoms with Crippen LogP contribution < -0.4 is 4.74 Å². The average Bonchev–Trinajstić information content (AvgIpc) is 2.31. The van der Waals surface area contributed by atoms with E-state index in [2.05, 4.69) is 15.9 Å². The molecule has 0 amide bonds. The van der Waals surface area contributed by atoms with Crippen molar-refractivity contribution < 1.29 is 14.3 Å². The summed E-state index contributed by atoms with van der Waals surface area (Å²) in [5.41, 5.74) is 1.58. The first kappa shape index (κ1) is 14.0. The molecule has 1 rings (SSSR count). The van der Waals surface area contributed by atoms with Crippen LogP contribution >= 0.6 is 15.9 Å². The fraction of sp³-hybridized carbons (Fsp3) is 0.462. The first-order valence-corrected chi connectivity index (χ1v) is 6.55. The lowest BCUT2D eigenvalue weighted by atomic mass is 10.1. The van der Waals surface area contributed by atoms with Gasteiger partial charge in [-0.1, -0.05) is 6.92 Å². The van der Waals surface area contributed by atoms with Crippen LogP contribution in [-0.4, -0.2) is 19.2 Å². The lowest BCUT2D eigenvalue weighted by Crippen LogP contribution is -2.07. The third kappa shape index (κ3) is 3.46. The largest absolute Gasteiger partial charge is 0.494 e. The Kier molecular flexibility index (Phi) is 5.48. The van der Waals surface area contributed by atoms with E-state index in [0.717, 1.165) is 22.2 Å². The zero-order valence-electron chi connectivity index (χ0n) is 10.4. The molecule has 0 heterocycles. The first-order chi connectivity index (χ1) is 8.13. The zero-order chi connectivity index (χ0) is 12.8. The van der Waals surface area contributed by atoms with E-state index in [0.29, 0.717) is 18.8 Å². The Labute approximate surface area is 110 Å². The van der Waals surface area contributed by atoms with Crippen LogP contribution in [0.2, 0.25) is 0 Å². The summed E-state index contributed by atoms with van der Waals surface area (Å²) in [6, 6.07) is 3.65. The Morgan fingerprint density at radius 2 is 1.94 bits per heavy atom. The molecule has 1 aromatic rings. The van der Waals surface area contributed by atoms with Gasteiger partial charge in [0.2, 0.25) is 0 Å². The van der Waals surface area contributed by atoms with E-state index in [-0.39, 0.29) is 5.97 Å². The maximum Gasteiger partial charge on any atom is 0.339 e. The molecule has 94 valence electrons. The summed E-state index contributed by atoms with van der Waals surface area (Å²) < 4.78 is 11.3. The number of carbonyl (C=O) groups is 1. The van der Waals surface area contributed by atoms with Gasteiger partial charge in [0.05, 0.1) is 18.8 Å². The van der Waals surface area contributed by atoms with Gasteiger partial charge in [0.25, 0.3) is 0 Å². The van der Waals surface area contributed by atoms with Crippen LogP contribution in [-0.2, 0) is 11.2 Å². The predicted molar refractivity (Wildman–Crippen MR) is 70.6 cm³/mol. The number of benzene rings is 1. The van der Waals surface area contributed by atoms with Crippen molar-refractivity contribution in [1.82, 2.24) is 0 Å². The summed E-state index contributed by atoms with van der Waals surface area (Å²) in [5.74, 6) is 0.421. The normalized spacial score (nSPS) is 10.1. The van der Waals surface area contributed by atoms with Crippen molar-refractivity contribution in [3.8, 4) is 5.75 Å². The fourth-order valence-electron chi connectivity index (χ4n) is 1.53. The lowest BCUT2D eigenvalue weighted by molar-refractivity contribution is 0.0524. The number of carbonyl (C=O) groups excluding carboxylic acids is 1. The number of hydrogen-bond acceptors (Lipinski definition) is 3. The molecule has 4 heteroatoms. The minimum atomic E-state index is -0.331. The van der Waals surface area contributed by atoms with Crippen LogP contribution in [0.4, 0.5) is 0 Å². The highest BCUT2D eigenvalue weighted by atomic mass is 79.9. The van der Waals surface area contributed by atoms with Crippen LogP contribution in [0.15, 0.2) is 16.6 Å². The molecule has 17 heavy (non-hydrogen) atoms. The van der Waals surface area contributed by atoms with Crippen molar-refractivity contribution in [1.29, 1.82) is 0 Å². The monoisotopic (exact) mass is 300 g/mol. The van der Waals surface area contributed by atoms with Crippen LogP contribution in [0.1, 0.15) is 36.7 Å². The van der Waals surface area contributed by atoms with Crippen LogP contribution in [0.5, 0.6) is 5.75 Å². The second-order valence-electron chi connectivity index (χ2n) is 3.45. The zero-order valence-corrected chi connectivity index (χ0v) is 12.0. The van der Waals surface area contributed by atoms with Crippen molar-refractivity contribution in [2.45, 2.75) is 27.2 Å². The molecule has 0 aliphatic rings. The molecular formula is C13H17BrO3. The maximum absolute atomic E-state index is 11.7. The van der Waals surface area contributed by atoms with E-state index in [1.54, 1.807) is 13.0 Å². The Morgan fingerprint density at radius 3 is 2.47 bits per heavy atom. The average molecular weight is 301 g/mol. The SMILES string of the molecule is CCOC(=O)c1cc(OCC)c(CC)cc1Br. The molecule has 0 fully saturated rings. The molecule has 0 saturated heterocycles. The molecule has 0 aliphatic heterocycles. The summed E-state index contributed by atoms with van der Waals surface area (Å²) in [5, 5.41) is 0. The van der Waals surface area contributed by atoms with Crippen LogP contribution in [0.3, 0.4) is 0 Å². The Hall–Kier alpha value is -1.03. The van der Waals surface area contributed by atoms with Gasteiger partial charge in [0.15, 0.2) is 0 Å². The van der Waals surface area contributed by atoms with Gasteiger partial charge in [-0.2, -0.15) is 0 Å². The molecule has 0 aliphatic carbocycles. The van der Waals surface area contributed by atoms with Gasteiger partial charge in [0.1, 0.15) is 5.75 Å². The highest BCUT2D eigenvalue weighted by molar-refractivity contribution is 9.10. The summed E-state index contributed by atoms with van der Waals surface area (Å²) in [7, 11) is 0. The van der Waals surface area contributed by atoms with E-state index in [1.807, 2.05) is 19.9 Å². The van der Waals surface area contributed by atoms with E-state index in [1.165, 1.54) is 0 Å². The molecule has 0 unspecified atom stereocenters. The van der Waals surface area contributed by atoms with Gasteiger partial charge >= 0.3 is 5.97 Å². The van der Waals surface area contributed by atoms with Crippen molar-refractivity contribution in [3.63, 3.8) is 0 Å². The van der Waals surface area contributed by atoms with Gasteiger partial charge < -0.3 is 9.47 Å². The minimum absolute atomic E-state index is 0.331. The number of aryl methyl sites for hydroxylation is 1. The number of hydrogen-bond donors (Lipinski definition) is 0. The molecule has 0 radical (unpaired) electrons. The van der Waals surface area contributed by atoms with Gasteiger partial charge in [-0.05, 0) is 53.9 Å². The molecule has 0 spiro atoms. The van der Waals surface area contributed by atoms with E-state index in [9.17, 15) is 4.79 Å². The van der Waals surface area contributed by atoms with Gasteiger partial charge in [-0.25, -0.2) is 4.79 Å². The Bertz CT molecular complexity index is 402. The second kappa shape index (κ2) is 6.64. The van der Waals surface area contributed by atoms with Gasteiger partial charge in [-0.15, -0.1) is 0 Å². The van der Waals surface area contributed by atoms with Gasteiger partial charge in [0, 0.05) is 4.47 Å². The predicted octanol–water partition coefficient (Wildman–Crippen LogP) is 3.59. The maximum atomic E-state index is 11.7. The van der Waals surface area contributed by atoms with Crippen molar-refractivity contribution in [2.75, 3.05) is 13.2 Å². The molecule has 0 bridgehead atoms. The van der Waals surface area contributed by atoms with E-state index >= 15 is 0 Å². The minimum Gasteiger partial charge on any atom is -0.494 e. The Morgan fingerprint density at radius 1 is 1.24 bits per heavy atom. The van der Waals surface area contributed by atoms with Gasteiger partial charge in [-0.3, -0.25) is 0 Å². The molecule has 0 aromatic heterocycles. The highest BCUT2D eigenvalue weighted by Gasteiger charge is 2.15. The van der Waals surface area contributed by atoms with Crippen molar-refractivity contribution in [2.24, 2.45) is 0 Å². The molecule has 0 atom stereocenters. The third-order valence-electron chi connectivity index (χ3n) is 2.33. The number of halogens is 1. The lowest BCUT2D eigenvalue weighted by Gasteiger charge is -2.12. The molecule has 0 saturated carbocycles. The van der Waals surface area contributed by atoms with Crippen LogP contribution in [0, 0.1) is 0 Å². The van der Waals surface area contributed by atoms with Crippen molar-refractivity contribution in [3.05, 3.63) is 27.7 Å². The summed E-state index contributed by atoms with van der Waals surface area (Å²) in [4.78, 5) is 11.7. The topological polar surface area (TPSA) is 35.5 Å². The van der Waals surface area contributed by atoms with E-state index in [4.69, 9.17) is 9.47 Å². The molecule has 1 aromatic carbocycles. The van der Waals surface area contributed by atoms with Crippen molar-refractivity contribution >= 4 is 21.9 Å². The quantitative estimate of drug-likeness (QED) is 0.780. The fourth-order valence-corrected chi connectivity index (χ4v) is 2.08. The number of ether oxygens (including phenoxy) is 2. The standard InChI is InChI=1S/C13H17BrO3/c1-4-9-7-11(14)10(13(15)17-6-3)8-12(9)16-5-2/h7-8H,4-6H2,1-3H3. The molecular weight excluding hydrogens is 284 g/mol. The molecule has 0 N–H and O–H groups in total. The van der Waals surface area contributed by atoms with Crippen LogP contribution in [0.25, 0.3) is 0 Å². The molecule has 3 nitrogen and oxygen atoms in total. The smallest absolute Gasteiger partial charge is 0.339 e. The highest BCUT2D eigenvalue weighted by Crippen LogP contribution is 2.28. The first-order valence-electron chi connectivity index (χ1n) is 5.76.